The average Bonchev–Trinajstić information content (AvgIpc) is 2.68. The van der Waals surface area contributed by atoms with Gasteiger partial charge in [-0.15, -0.1) is 0 Å². The molecule has 0 aliphatic heterocycles. The molecule has 0 aliphatic rings. The van der Waals surface area contributed by atoms with Crippen LogP contribution >= 0.6 is 0 Å². The van der Waals surface area contributed by atoms with Crippen molar-refractivity contribution in [3.05, 3.63) is 48.3 Å². The van der Waals surface area contributed by atoms with E-state index in [1.807, 2.05) is 35.3 Å². The number of nitrogens with one attached hydrogen (secondary N) is 1. The van der Waals surface area contributed by atoms with Crippen LogP contribution in [0.4, 0.5) is 5.69 Å². The summed E-state index contributed by atoms with van der Waals surface area (Å²) in [6, 6.07) is 10.3. The molecular formula is C12H15N3. The smallest absolute Gasteiger partial charge is 0.0726 e. The molecular weight excluding hydrogens is 186 g/mol. The summed E-state index contributed by atoms with van der Waals surface area (Å²) in [5.41, 5.74) is 2.34. The molecule has 0 saturated heterocycles. The van der Waals surface area contributed by atoms with Gasteiger partial charge in [0.1, 0.15) is 0 Å². The predicted molar refractivity (Wildman–Crippen MR) is 61.9 cm³/mol. The summed E-state index contributed by atoms with van der Waals surface area (Å²) in [5, 5.41) is 7.51. The zero-order valence-corrected chi connectivity index (χ0v) is 8.85. The predicted octanol–water partition coefficient (Wildman–Crippen LogP) is 2.36. The number of nitrogens with zero attached hydrogens (tertiary/aromatic N) is 2. The minimum absolute atomic E-state index is 0.826. The molecule has 0 unspecified atom stereocenters. The lowest BCUT2D eigenvalue weighted by Crippen LogP contribution is -1.99. The highest BCUT2D eigenvalue weighted by Gasteiger charge is 1.97. The van der Waals surface area contributed by atoms with Gasteiger partial charge in [-0.05, 0) is 12.5 Å². The fourth-order valence-electron chi connectivity index (χ4n) is 1.52. The lowest BCUT2D eigenvalue weighted by atomic mass is 10.2. The molecule has 0 radical (unpaired) electrons. The minimum atomic E-state index is 0.826. The summed E-state index contributed by atoms with van der Waals surface area (Å²) in [6.45, 7) is 3.83. The molecule has 1 aromatic carbocycles. The zero-order chi connectivity index (χ0) is 10.5. The van der Waals surface area contributed by atoms with Gasteiger partial charge >= 0.3 is 0 Å². The van der Waals surface area contributed by atoms with Gasteiger partial charge in [0.05, 0.1) is 18.4 Å². The Kier molecular flexibility index (Phi) is 3.02. The van der Waals surface area contributed by atoms with Crippen molar-refractivity contribution in [1.29, 1.82) is 0 Å². The third kappa shape index (κ3) is 2.59. The van der Waals surface area contributed by atoms with Crippen LogP contribution in [0.25, 0.3) is 0 Å². The molecule has 15 heavy (non-hydrogen) atoms. The second-order valence-corrected chi connectivity index (χ2v) is 3.44. The summed E-state index contributed by atoms with van der Waals surface area (Å²) >= 11 is 0. The van der Waals surface area contributed by atoms with Crippen molar-refractivity contribution in [3.8, 4) is 0 Å². The van der Waals surface area contributed by atoms with Crippen LogP contribution in [0.3, 0.4) is 0 Å². The fourth-order valence-corrected chi connectivity index (χ4v) is 1.52. The third-order valence-electron chi connectivity index (χ3n) is 2.20. The molecule has 0 atom stereocenters. The second-order valence-electron chi connectivity index (χ2n) is 3.44. The van der Waals surface area contributed by atoms with Crippen LogP contribution in [-0.2, 0) is 6.54 Å². The van der Waals surface area contributed by atoms with Crippen LogP contribution in [0.2, 0.25) is 0 Å². The Hall–Kier alpha value is -1.77. The molecule has 0 aliphatic carbocycles. The Bertz CT molecular complexity index is 406. The molecule has 0 amide bonds. The summed E-state index contributed by atoms with van der Waals surface area (Å²) in [6.07, 6.45) is 3.88. The molecule has 0 spiro atoms. The van der Waals surface area contributed by atoms with E-state index in [1.165, 1.54) is 5.56 Å². The first kappa shape index (κ1) is 9.77. The summed E-state index contributed by atoms with van der Waals surface area (Å²) in [4.78, 5) is 0. The molecule has 3 heteroatoms. The lowest BCUT2D eigenvalue weighted by molar-refractivity contribution is 0.687. The Balaban J connectivity index is 2.05. The number of rotatable bonds is 4. The van der Waals surface area contributed by atoms with Crippen molar-refractivity contribution < 1.29 is 0 Å². The van der Waals surface area contributed by atoms with Crippen molar-refractivity contribution in [2.45, 2.75) is 13.5 Å². The van der Waals surface area contributed by atoms with Crippen molar-refractivity contribution in [1.82, 2.24) is 9.78 Å². The van der Waals surface area contributed by atoms with Crippen LogP contribution in [-0.4, -0.2) is 16.3 Å². The lowest BCUT2D eigenvalue weighted by Gasteiger charge is -2.00. The van der Waals surface area contributed by atoms with Gasteiger partial charge in [0, 0.05) is 12.7 Å². The highest BCUT2D eigenvalue weighted by Crippen LogP contribution is 2.07. The molecule has 1 N–H and O–H groups in total. The highest BCUT2D eigenvalue weighted by molar-refractivity contribution is 5.37. The van der Waals surface area contributed by atoms with Gasteiger partial charge in [-0.2, -0.15) is 5.10 Å². The summed E-state index contributed by atoms with van der Waals surface area (Å²) in [7, 11) is 0. The first-order valence-corrected chi connectivity index (χ1v) is 5.18. The van der Waals surface area contributed by atoms with Crippen LogP contribution < -0.4 is 5.32 Å². The van der Waals surface area contributed by atoms with E-state index < -0.39 is 0 Å². The van der Waals surface area contributed by atoms with Gasteiger partial charge in [0.25, 0.3) is 0 Å². The Morgan fingerprint density at radius 2 is 2.07 bits per heavy atom. The van der Waals surface area contributed by atoms with Gasteiger partial charge in [0.2, 0.25) is 0 Å². The standard InChI is InChI=1S/C12H15N3/c1-2-13-12-8-14-15(10-12)9-11-6-4-3-5-7-11/h3-8,10,13H,2,9H2,1H3. The summed E-state index contributed by atoms with van der Waals surface area (Å²) < 4.78 is 1.94. The first-order valence-electron chi connectivity index (χ1n) is 5.18. The minimum Gasteiger partial charge on any atom is -0.383 e. The third-order valence-corrected chi connectivity index (χ3v) is 2.20. The molecule has 2 rings (SSSR count). The largest absolute Gasteiger partial charge is 0.383 e. The van der Waals surface area contributed by atoms with E-state index in [-0.39, 0.29) is 0 Å². The van der Waals surface area contributed by atoms with Crippen molar-refractivity contribution in [2.75, 3.05) is 11.9 Å². The van der Waals surface area contributed by atoms with Crippen LogP contribution in [0.15, 0.2) is 42.7 Å². The van der Waals surface area contributed by atoms with Gasteiger partial charge < -0.3 is 5.32 Å². The highest BCUT2D eigenvalue weighted by atomic mass is 15.3. The average molecular weight is 201 g/mol. The van der Waals surface area contributed by atoms with E-state index in [4.69, 9.17) is 0 Å². The molecule has 0 fully saturated rings. The van der Waals surface area contributed by atoms with Crippen molar-refractivity contribution in [2.24, 2.45) is 0 Å². The number of aromatic nitrogens is 2. The molecule has 2 aromatic rings. The molecule has 1 aromatic heterocycles. The van der Waals surface area contributed by atoms with Gasteiger partial charge in [-0.3, -0.25) is 4.68 Å². The van der Waals surface area contributed by atoms with Gasteiger partial charge in [-0.1, -0.05) is 30.3 Å². The van der Waals surface area contributed by atoms with E-state index in [0.717, 1.165) is 18.8 Å². The topological polar surface area (TPSA) is 29.9 Å². The number of anilines is 1. The normalized spacial score (nSPS) is 10.2. The van der Waals surface area contributed by atoms with Crippen LogP contribution in [0.1, 0.15) is 12.5 Å². The maximum Gasteiger partial charge on any atom is 0.0726 e. The van der Waals surface area contributed by atoms with Crippen molar-refractivity contribution >= 4 is 5.69 Å². The van der Waals surface area contributed by atoms with Gasteiger partial charge in [-0.25, -0.2) is 0 Å². The Morgan fingerprint density at radius 3 is 2.80 bits per heavy atom. The molecule has 1 heterocycles. The number of hydrogen-bond acceptors (Lipinski definition) is 2. The fraction of sp³-hybridized carbons (Fsp3) is 0.250. The van der Waals surface area contributed by atoms with Crippen molar-refractivity contribution in [3.63, 3.8) is 0 Å². The SMILES string of the molecule is CCNc1cnn(Cc2ccccc2)c1. The maximum atomic E-state index is 4.28. The van der Waals surface area contributed by atoms with E-state index >= 15 is 0 Å². The molecule has 0 bridgehead atoms. The summed E-state index contributed by atoms with van der Waals surface area (Å²) in [5.74, 6) is 0. The molecule has 0 saturated carbocycles. The van der Waals surface area contributed by atoms with E-state index in [2.05, 4.69) is 29.5 Å². The quantitative estimate of drug-likeness (QED) is 0.823. The zero-order valence-electron chi connectivity index (χ0n) is 8.85. The Morgan fingerprint density at radius 1 is 1.27 bits per heavy atom. The monoisotopic (exact) mass is 201 g/mol. The molecule has 3 nitrogen and oxygen atoms in total. The number of hydrogen-bond donors (Lipinski definition) is 1. The maximum absolute atomic E-state index is 4.28. The van der Waals surface area contributed by atoms with Crippen LogP contribution in [0.5, 0.6) is 0 Å². The molecule has 78 valence electrons. The van der Waals surface area contributed by atoms with E-state index in [1.54, 1.807) is 0 Å². The van der Waals surface area contributed by atoms with Gasteiger partial charge in [0.15, 0.2) is 0 Å². The Labute approximate surface area is 89.7 Å². The van der Waals surface area contributed by atoms with Crippen LogP contribution in [0, 0.1) is 0 Å². The second kappa shape index (κ2) is 4.64. The first-order chi connectivity index (χ1) is 7.38. The van der Waals surface area contributed by atoms with E-state index in [9.17, 15) is 0 Å². The number of benzene rings is 1. The van der Waals surface area contributed by atoms with E-state index in [0.29, 0.717) is 0 Å².